The number of carbonyl (C=O) groups is 1. The lowest BCUT2D eigenvalue weighted by molar-refractivity contribution is 0.0993. The third kappa shape index (κ3) is 2.99. The van der Waals surface area contributed by atoms with Gasteiger partial charge < -0.3 is 4.40 Å². The molecule has 0 aliphatic carbocycles. The van der Waals surface area contributed by atoms with Crippen molar-refractivity contribution in [3.63, 3.8) is 0 Å². The van der Waals surface area contributed by atoms with Gasteiger partial charge in [0.1, 0.15) is 5.65 Å². The molecule has 4 aromatic heterocycles. The summed E-state index contributed by atoms with van der Waals surface area (Å²) in [6, 6.07) is 9.59. The lowest BCUT2D eigenvalue weighted by Crippen LogP contribution is -2.08. The Morgan fingerprint density at radius 1 is 1.15 bits per heavy atom. The van der Waals surface area contributed by atoms with Gasteiger partial charge in [0, 0.05) is 53.5 Å². The van der Waals surface area contributed by atoms with Crippen molar-refractivity contribution in [2.45, 2.75) is 20.3 Å². The van der Waals surface area contributed by atoms with Gasteiger partial charge in [-0.1, -0.05) is 6.07 Å². The summed E-state index contributed by atoms with van der Waals surface area (Å²) >= 11 is 0. The first-order chi connectivity index (χ1) is 12.6. The lowest BCUT2D eigenvalue weighted by Gasteiger charge is -2.10. The summed E-state index contributed by atoms with van der Waals surface area (Å²) in [5.74, 6) is 0.00249. The third-order valence-electron chi connectivity index (χ3n) is 4.43. The van der Waals surface area contributed by atoms with E-state index >= 15 is 0 Å². The van der Waals surface area contributed by atoms with Crippen LogP contribution in [0, 0.1) is 13.8 Å². The molecule has 5 nitrogen and oxygen atoms in total. The summed E-state index contributed by atoms with van der Waals surface area (Å²) in [6.45, 7) is 3.96. The number of imidazole rings is 1. The minimum Gasteiger partial charge on any atom is -0.306 e. The van der Waals surface area contributed by atoms with Crippen LogP contribution in [-0.4, -0.2) is 25.1 Å². The molecular weight excluding hydrogens is 324 g/mol. The molecule has 4 rings (SSSR count). The second-order valence-corrected chi connectivity index (χ2v) is 6.36. The summed E-state index contributed by atoms with van der Waals surface area (Å²) in [5.41, 5.74) is 5.99. The number of hydrogen-bond donors (Lipinski definition) is 0. The minimum absolute atomic E-state index is 0.00249. The zero-order valence-corrected chi connectivity index (χ0v) is 14.7. The standard InChI is InChI=1S/C21H18N4O/c1-14-6-7-22-12-19(14)16-10-18(21-23-8-9-25(21)13-16)20(26)11-17-5-3-4-15(2)24-17/h3-10,12-13H,11H2,1-2H3. The van der Waals surface area contributed by atoms with Crippen molar-refractivity contribution in [1.82, 2.24) is 19.4 Å². The van der Waals surface area contributed by atoms with Crippen LogP contribution in [0.2, 0.25) is 0 Å². The smallest absolute Gasteiger partial charge is 0.172 e. The van der Waals surface area contributed by atoms with Gasteiger partial charge in [-0.05, 0) is 43.7 Å². The SMILES string of the molecule is Cc1cccc(CC(=O)c2cc(-c3cnccc3C)cn3ccnc23)n1. The van der Waals surface area contributed by atoms with Gasteiger partial charge in [-0.3, -0.25) is 14.8 Å². The molecule has 0 bridgehead atoms. The topological polar surface area (TPSA) is 60.2 Å². The second-order valence-electron chi connectivity index (χ2n) is 6.36. The van der Waals surface area contributed by atoms with Gasteiger partial charge in [0.2, 0.25) is 0 Å². The highest BCUT2D eigenvalue weighted by Gasteiger charge is 2.16. The van der Waals surface area contributed by atoms with E-state index in [4.69, 9.17) is 0 Å². The highest BCUT2D eigenvalue weighted by atomic mass is 16.1. The zero-order valence-electron chi connectivity index (χ0n) is 14.7. The average molecular weight is 342 g/mol. The molecule has 5 heteroatoms. The largest absolute Gasteiger partial charge is 0.306 e. The molecule has 26 heavy (non-hydrogen) atoms. The van der Waals surface area contributed by atoms with Gasteiger partial charge in [0.15, 0.2) is 5.78 Å². The molecule has 0 aromatic carbocycles. The quantitative estimate of drug-likeness (QED) is 0.529. The van der Waals surface area contributed by atoms with Crippen molar-refractivity contribution in [2.75, 3.05) is 0 Å². The molecule has 4 heterocycles. The number of Topliss-reactive ketones (excluding diaryl/α,β-unsaturated/α-hetero) is 1. The van der Waals surface area contributed by atoms with E-state index in [9.17, 15) is 4.79 Å². The molecule has 0 fully saturated rings. The molecule has 0 saturated carbocycles. The number of carbonyl (C=O) groups excluding carboxylic acids is 1. The fourth-order valence-corrected chi connectivity index (χ4v) is 3.11. The molecule has 4 aromatic rings. The summed E-state index contributed by atoms with van der Waals surface area (Å²) in [6.07, 6.45) is 9.38. The van der Waals surface area contributed by atoms with Crippen LogP contribution in [0.5, 0.6) is 0 Å². The number of ketones is 1. The van der Waals surface area contributed by atoms with Gasteiger partial charge in [0.05, 0.1) is 12.0 Å². The second kappa shape index (κ2) is 6.52. The normalized spacial score (nSPS) is 11.0. The van der Waals surface area contributed by atoms with Crippen molar-refractivity contribution >= 4 is 11.4 Å². The van der Waals surface area contributed by atoms with E-state index in [0.717, 1.165) is 28.1 Å². The number of aromatic nitrogens is 4. The van der Waals surface area contributed by atoms with Crippen LogP contribution in [-0.2, 0) is 6.42 Å². The van der Waals surface area contributed by atoms with E-state index in [-0.39, 0.29) is 12.2 Å². The van der Waals surface area contributed by atoms with Gasteiger partial charge in [-0.25, -0.2) is 4.98 Å². The molecule has 0 radical (unpaired) electrons. The maximum Gasteiger partial charge on any atom is 0.172 e. The number of aryl methyl sites for hydroxylation is 2. The van der Waals surface area contributed by atoms with E-state index in [1.807, 2.05) is 67.2 Å². The van der Waals surface area contributed by atoms with Crippen molar-refractivity contribution in [3.8, 4) is 11.1 Å². The third-order valence-corrected chi connectivity index (χ3v) is 4.43. The molecule has 128 valence electrons. The number of rotatable bonds is 4. The average Bonchev–Trinajstić information content (AvgIpc) is 3.10. The molecule has 0 N–H and O–H groups in total. The van der Waals surface area contributed by atoms with Crippen molar-refractivity contribution in [3.05, 3.63) is 83.8 Å². The molecule has 0 atom stereocenters. The predicted molar refractivity (Wildman–Crippen MR) is 100 cm³/mol. The fourth-order valence-electron chi connectivity index (χ4n) is 3.11. The fraction of sp³-hybridized carbons (Fsp3) is 0.143. The highest BCUT2D eigenvalue weighted by molar-refractivity contribution is 6.03. The van der Waals surface area contributed by atoms with E-state index in [1.54, 1.807) is 12.4 Å². The van der Waals surface area contributed by atoms with Gasteiger partial charge in [-0.2, -0.15) is 0 Å². The Labute approximate surface area is 151 Å². The lowest BCUT2D eigenvalue weighted by atomic mass is 10.00. The number of pyridine rings is 3. The van der Waals surface area contributed by atoms with Crippen molar-refractivity contribution < 1.29 is 4.79 Å². The van der Waals surface area contributed by atoms with Crippen LogP contribution < -0.4 is 0 Å². The van der Waals surface area contributed by atoms with Crippen LogP contribution in [0.3, 0.4) is 0 Å². The maximum absolute atomic E-state index is 13.0. The zero-order chi connectivity index (χ0) is 18.1. The van der Waals surface area contributed by atoms with E-state index in [2.05, 4.69) is 15.0 Å². The van der Waals surface area contributed by atoms with Gasteiger partial charge >= 0.3 is 0 Å². The molecule has 0 spiro atoms. The van der Waals surface area contributed by atoms with E-state index in [1.165, 1.54) is 0 Å². The van der Waals surface area contributed by atoms with Crippen LogP contribution in [0.4, 0.5) is 0 Å². The Balaban J connectivity index is 1.80. The summed E-state index contributed by atoms with van der Waals surface area (Å²) in [5, 5.41) is 0. The summed E-state index contributed by atoms with van der Waals surface area (Å²) in [4.78, 5) is 26.0. The molecule has 0 amide bonds. The Bertz CT molecular complexity index is 1110. The van der Waals surface area contributed by atoms with E-state index in [0.29, 0.717) is 11.2 Å². The Kier molecular flexibility index (Phi) is 4.05. The predicted octanol–water partition coefficient (Wildman–Crippen LogP) is 3.83. The maximum atomic E-state index is 13.0. The first-order valence-electron chi connectivity index (χ1n) is 8.45. The first kappa shape index (κ1) is 16.1. The van der Waals surface area contributed by atoms with Gasteiger partial charge in [-0.15, -0.1) is 0 Å². The minimum atomic E-state index is 0.00249. The molecule has 0 unspecified atom stereocenters. The summed E-state index contributed by atoms with van der Waals surface area (Å²) in [7, 11) is 0. The molecule has 0 saturated heterocycles. The summed E-state index contributed by atoms with van der Waals surface area (Å²) < 4.78 is 1.89. The number of hydrogen-bond acceptors (Lipinski definition) is 4. The van der Waals surface area contributed by atoms with Crippen LogP contribution in [0.25, 0.3) is 16.8 Å². The number of nitrogens with zero attached hydrogens (tertiary/aromatic N) is 4. The number of fused-ring (bicyclic) bond motifs is 1. The Hall–Kier alpha value is -3.34. The van der Waals surface area contributed by atoms with Crippen LogP contribution >= 0.6 is 0 Å². The molecule has 0 aliphatic rings. The van der Waals surface area contributed by atoms with Crippen molar-refractivity contribution in [2.24, 2.45) is 0 Å². The highest BCUT2D eigenvalue weighted by Crippen LogP contribution is 2.25. The van der Waals surface area contributed by atoms with E-state index < -0.39 is 0 Å². The van der Waals surface area contributed by atoms with Crippen LogP contribution in [0.1, 0.15) is 27.3 Å². The Morgan fingerprint density at radius 2 is 2.04 bits per heavy atom. The molecule has 0 aliphatic heterocycles. The van der Waals surface area contributed by atoms with Crippen molar-refractivity contribution in [1.29, 1.82) is 0 Å². The first-order valence-corrected chi connectivity index (χ1v) is 8.45. The molecular formula is C21H18N4O. The van der Waals surface area contributed by atoms with Crippen LogP contribution in [0.15, 0.2) is 61.3 Å². The monoisotopic (exact) mass is 342 g/mol. The Morgan fingerprint density at radius 3 is 2.85 bits per heavy atom. The van der Waals surface area contributed by atoms with Gasteiger partial charge in [0.25, 0.3) is 0 Å².